The highest BCUT2D eigenvalue weighted by molar-refractivity contribution is 6.30. The van der Waals surface area contributed by atoms with Gasteiger partial charge in [-0.25, -0.2) is 4.79 Å². The van der Waals surface area contributed by atoms with Crippen molar-refractivity contribution in [2.75, 3.05) is 0 Å². The van der Waals surface area contributed by atoms with Crippen LogP contribution in [0.3, 0.4) is 0 Å². The zero-order valence-corrected chi connectivity index (χ0v) is 13.0. The van der Waals surface area contributed by atoms with E-state index in [0.717, 1.165) is 4.57 Å². The molecule has 2 aromatic heterocycles. The Morgan fingerprint density at radius 3 is 2.83 bits per heavy atom. The molecule has 8 heteroatoms. The van der Waals surface area contributed by atoms with Crippen LogP contribution in [-0.4, -0.2) is 20.9 Å². The fraction of sp³-hybridized carbons (Fsp3) is 0.0625. The van der Waals surface area contributed by atoms with Crippen LogP contribution in [0.5, 0.6) is 5.88 Å². The number of aliphatic imine (C=N–C) groups is 1. The molecule has 2 heterocycles. The van der Waals surface area contributed by atoms with E-state index in [2.05, 4.69) is 9.98 Å². The topological polar surface area (TPSA) is 101 Å². The van der Waals surface area contributed by atoms with Gasteiger partial charge in [0.1, 0.15) is 11.3 Å². The number of aromatic nitrogens is 2. The molecular weight excluding hydrogens is 334 g/mol. The predicted octanol–water partition coefficient (Wildman–Crippen LogP) is 2.29. The Bertz CT molecular complexity index is 1000. The first-order valence-corrected chi connectivity index (χ1v) is 7.30. The van der Waals surface area contributed by atoms with Crippen LogP contribution in [0.25, 0.3) is 0 Å². The van der Waals surface area contributed by atoms with Gasteiger partial charge < -0.3 is 9.52 Å². The third kappa shape index (κ3) is 3.31. The molecule has 0 atom stereocenters. The first kappa shape index (κ1) is 15.8. The molecule has 0 amide bonds. The van der Waals surface area contributed by atoms with Crippen molar-refractivity contribution in [2.24, 2.45) is 4.99 Å². The van der Waals surface area contributed by atoms with Gasteiger partial charge in [0.15, 0.2) is 0 Å². The molecule has 0 radical (unpaired) electrons. The van der Waals surface area contributed by atoms with Crippen molar-refractivity contribution < 1.29 is 9.52 Å². The van der Waals surface area contributed by atoms with Crippen molar-refractivity contribution in [1.29, 1.82) is 0 Å². The second kappa shape index (κ2) is 6.59. The third-order valence-electron chi connectivity index (χ3n) is 3.25. The molecule has 122 valence electrons. The van der Waals surface area contributed by atoms with E-state index in [0.29, 0.717) is 16.5 Å². The Morgan fingerprint density at radius 1 is 1.29 bits per heavy atom. The fourth-order valence-corrected chi connectivity index (χ4v) is 2.28. The lowest BCUT2D eigenvalue weighted by Gasteiger charge is -2.07. The van der Waals surface area contributed by atoms with Gasteiger partial charge in [-0.05, 0) is 30.3 Å². The highest BCUT2D eigenvalue weighted by atomic mass is 35.5. The molecule has 1 aromatic carbocycles. The largest absolute Gasteiger partial charge is 0.494 e. The van der Waals surface area contributed by atoms with Gasteiger partial charge in [-0.2, -0.15) is 0 Å². The van der Waals surface area contributed by atoms with Gasteiger partial charge in [0, 0.05) is 11.2 Å². The number of rotatable bonds is 4. The van der Waals surface area contributed by atoms with Crippen LogP contribution in [0.2, 0.25) is 5.02 Å². The van der Waals surface area contributed by atoms with Gasteiger partial charge in [-0.1, -0.05) is 17.7 Å². The molecule has 0 saturated heterocycles. The Hall–Kier alpha value is -3.06. The summed E-state index contributed by atoms with van der Waals surface area (Å²) in [6, 6.07) is 9.99. The fourth-order valence-electron chi connectivity index (χ4n) is 2.09. The first-order valence-electron chi connectivity index (χ1n) is 6.92. The zero-order chi connectivity index (χ0) is 17.1. The predicted molar refractivity (Wildman–Crippen MR) is 89.5 cm³/mol. The second-order valence-corrected chi connectivity index (χ2v) is 5.34. The summed E-state index contributed by atoms with van der Waals surface area (Å²) in [7, 11) is 0. The maximum atomic E-state index is 11.9. The van der Waals surface area contributed by atoms with Crippen molar-refractivity contribution in [3.63, 3.8) is 0 Å². The van der Waals surface area contributed by atoms with Gasteiger partial charge in [-0.3, -0.25) is 19.3 Å². The van der Waals surface area contributed by atoms with Crippen LogP contribution in [0.4, 0.5) is 5.69 Å². The number of halogens is 1. The molecule has 0 saturated carbocycles. The maximum Gasteiger partial charge on any atom is 0.331 e. The van der Waals surface area contributed by atoms with E-state index in [-0.39, 0.29) is 12.1 Å². The number of furan rings is 1. The average molecular weight is 346 g/mol. The third-order valence-corrected chi connectivity index (χ3v) is 3.49. The monoisotopic (exact) mass is 345 g/mol. The number of benzene rings is 1. The van der Waals surface area contributed by atoms with E-state index in [1.807, 2.05) is 0 Å². The van der Waals surface area contributed by atoms with Crippen LogP contribution < -0.4 is 11.2 Å². The number of hydrogen-bond donors (Lipinski definition) is 2. The molecule has 3 aromatic rings. The van der Waals surface area contributed by atoms with Gasteiger partial charge >= 0.3 is 5.69 Å². The number of H-pyrrole nitrogens is 1. The highest BCUT2D eigenvalue weighted by Gasteiger charge is 2.13. The molecular formula is C16H12ClN3O4. The van der Waals surface area contributed by atoms with E-state index < -0.39 is 17.1 Å². The molecule has 0 unspecified atom stereocenters. The van der Waals surface area contributed by atoms with Crippen molar-refractivity contribution in [3.05, 3.63) is 79.8 Å². The molecule has 2 N–H and O–H groups in total. The highest BCUT2D eigenvalue weighted by Crippen LogP contribution is 2.18. The van der Waals surface area contributed by atoms with E-state index in [9.17, 15) is 14.7 Å². The second-order valence-electron chi connectivity index (χ2n) is 4.90. The van der Waals surface area contributed by atoms with Gasteiger partial charge in [0.05, 0.1) is 18.5 Å². The lowest BCUT2D eigenvalue weighted by molar-refractivity contribution is 0.392. The normalized spacial score (nSPS) is 11.2. The Balaban J connectivity index is 2.01. The van der Waals surface area contributed by atoms with Gasteiger partial charge in [-0.15, -0.1) is 0 Å². The molecule has 3 rings (SSSR count). The van der Waals surface area contributed by atoms with E-state index >= 15 is 0 Å². The molecule has 0 fully saturated rings. The van der Waals surface area contributed by atoms with E-state index in [1.165, 1.54) is 12.5 Å². The summed E-state index contributed by atoms with van der Waals surface area (Å²) in [6.45, 7) is -0.0214. The number of nitrogens with one attached hydrogen (secondary N) is 1. The molecule has 24 heavy (non-hydrogen) atoms. The molecule has 0 aliphatic heterocycles. The number of hydrogen-bond acceptors (Lipinski definition) is 5. The summed E-state index contributed by atoms with van der Waals surface area (Å²) in [4.78, 5) is 30.1. The van der Waals surface area contributed by atoms with Crippen molar-refractivity contribution >= 4 is 23.5 Å². The molecule has 0 spiro atoms. The zero-order valence-electron chi connectivity index (χ0n) is 12.3. The molecule has 0 bridgehead atoms. The summed E-state index contributed by atoms with van der Waals surface area (Å²) >= 11 is 5.87. The standard InChI is InChI=1S/C16H12ClN3O4/c17-10-3-1-4-11(7-10)18-8-13-14(21)19-16(23)20(15(13)22)9-12-5-2-6-24-12/h1-8,22H,9H2,(H,19,21,23). The van der Waals surface area contributed by atoms with Crippen LogP contribution in [0.1, 0.15) is 11.3 Å². The van der Waals surface area contributed by atoms with Crippen molar-refractivity contribution in [3.8, 4) is 5.88 Å². The Morgan fingerprint density at radius 2 is 2.12 bits per heavy atom. The SMILES string of the molecule is O=c1[nH]c(=O)n(Cc2ccco2)c(O)c1C=Nc1cccc(Cl)c1. The summed E-state index contributed by atoms with van der Waals surface area (Å²) in [5.41, 5.74) is -1.11. The minimum Gasteiger partial charge on any atom is -0.494 e. The van der Waals surface area contributed by atoms with Crippen LogP contribution >= 0.6 is 11.6 Å². The summed E-state index contributed by atoms with van der Waals surface area (Å²) in [5.74, 6) is -0.0388. The van der Waals surface area contributed by atoms with Crippen LogP contribution in [0.15, 0.2) is 61.7 Å². The number of aromatic hydroxyl groups is 1. The van der Waals surface area contributed by atoms with Crippen LogP contribution in [0, 0.1) is 0 Å². The van der Waals surface area contributed by atoms with Crippen molar-refractivity contribution in [1.82, 2.24) is 9.55 Å². The Kier molecular flexibility index (Phi) is 4.35. The van der Waals surface area contributed by atoms with E-state index in [4.69, 9.17) is 16.0 Å². The summed E-state index contributed by atoms with van der Waals surface area (Å²) in [5, 5.41) is 10.8. The van der Waals surface area contributed by atoms with E-state index in [1.54, 1.807) is 36.4 Å². The average Bonchev–Trinajstić information content (AvgIpc) is 3.04. The summed E-state index contributed by atoms with van der Waals surface area (Å²) < 4.78 is 6.13. The Labute approximate surface area is 140 Å². The number of aromatic amines is 1. The van der Waals surface area contributed by atoms with Crippen molar-refractivity contribution in [2.45, 2.75) is 6.54 Å². The first-order chi connectivity index (χ1) is 11.5. The quantitative estimate of drug-likeness (QED) is 0.708. The number of nitrogens with zero attached hydrogens (tertiary/aromatic N) is 2. The van der Waals surface area contributed by atoms with Gasteiger partial charge in [0.25, 0.3) is 5.56 Å². The minimum atomic E-state index is -0.742. The van der Waals surface area contributed by atoms with Gasteiger partial charge in [0.2, 0.25) is 5.88 Å². The molecule has 0 aliphatic carbocycles. The lowest BCUT2D eigenvalue weighted by atomic mass is 10.3. The van der Waals surface area contributed by atoms with Crippen LogP contribution in [-0.2, 0) is 6.54 Å². The molecule has 7 nitrogen and oxygen atoms in total. The maximum absolute atomic E-state index is 11.9. The summed E-state index contributed by atoms with van der Waals surface area (Å²) in [6.07, 6.45) is 2.63. The smallest absolute Gasteiger partial charge is 0.331 e. The minimum absolute atomic E-state index is 0.0214. The molecule has 0 aliphatic rings. The lowest BCUT2D eigenvalue weighted by Crippen LogP contribution is -2.32.